The van der Waals surface area contributed by atoms with Gasteiger partial charge >= 0.3 is 0 Å². The molecule has 2 aromatic rings. The van der Waals surface area contributed by atoms with Gasteiger partial charge in [0.15, 0.2) is 0 Å². The van der Waals surface area contributed by atoms with Gasteiger partial charge in [-0.15, -0.1) is 0 Å². The normalized spacial score (nSPS) is 11.5. The number of rotatable bonds is 5. The number of benzene rings is 1. The molecule has 0 aliphatic heterocycles. The number of hydrogen-bond acceptors (Lipinski definition) is 4. The fraction of sp³-hybridized carbons (Fsp3) is 0.154. The van der Waals surface area contributed by atoms with E-state index in [0.29, 0.717) is 16.3 Å². The quantitative estimate of drug-likeness (QED) is 0.881. The van der Waals surface area contributed by atoms with Crippen LogP contribution >= 0.6 is 11.6 Å². The molecular weight excluding hydrogens is 300 g/mol. The van der Waals surface area contributed by atoms with Crippen molar-refractivity contribution >= 4 is 21.6 Å². The maximum Gasteiger partial charge on any atom is 0.240 e. The number of hydrogen-bond donors (Lipinski definition) is 2. The summed E-state index contributed by atoms with van der Waals surface area (Å²) in [4.78, 5) is 4.09. The Labute approximate surface area is 122 Å². The van der Waals surface area contributed by atoms with E-state index in [-0.39, 0.29) is 18.0 Å². The van der Waals surface area contributed by atoms with Crippen molar-refractivity contribution in [3.05, 3.63) is 58.9 Å². The molecule has 2 N–H and O–H groups in total. The van der Waals surface area contributed by atoms with Crippen LogP contribution in [-0.4, -0.2) is 18.5 Å². The highest BCUT2D eigenvalue weighted by Gasteiger charge is 2.15. The van der Waals surface area contributed by atoms with Crippen LogP contribution in [0, 0.1) is 0 Å². The number of nitrogens with one attached hydrogen (secondary N) is 1. The van der Waals surface area contributed by atoms with Gasteiger partial charge in [0.1, 0.15) is 0 Å². The van der Waals surface area contributed by atoms with E-state index < -0.39 is 10.0 Å². The monoisotopic (exact) mass is 312 g/mol. The third-order valence-electron chi connectivity index (χ3n) is 2.67. The van der Waals surface area contributed by atoms with E-state index in [1.807, 2.05) is 0 Å². The molecule has 106 valence electrons. The summed E-state index contributed by atoms with van der Waals surface area (Å²) < 4.78 is 26.7. The first-order valence-corrected chi connectivity index (χ1v) is 7.68. The van der Waals surface area contributed by atoms with E-state index in [4.69, 9.17) is 16.7 Å². The second-order valence-electron chi connectivity index (χ2n) is 4.06. The molecule has 0 atom stereocenters. The van der Waals surface area contributed by atoms with Crippen LogP contribution in [0.3, 0.4) is 0 Å². The van der Waals surface area contributed by atoms with Gasteiger partial charge in [0.25, 0.3) is 0 Å². The summed E-state index contributed by atoms with van der Waals surface area (Å²) in [7, 11) is -3.67. The Hall–Kier alpha value is -1.47. The lowest BCUT2D eigenvalue weighted by Crippen LogP contribution is -2.23. The number of aromatic nitrogens is 1. The minimum Gasteiger partial charge on any atom is -0.392 e. The second-order valence-corrected chi connectivity index (χ2v) is 6.23. The van der Waals surface area contributed by atoms with Crippen LogP contribution in [0.2, 0.25) is 5.02 Å². The molecule has 2 rings (SSSR count). The van der Waals surface area contributed by atoms with E-state index in [2.05, 4.69) is 9.71 Å². The SMILES string of the molecule is O=S(=O)(NCc1ccccn1)c1ccc(Cl)c(CO)c1. The summed E-state index contributed by atoms with van der Waals surface area (Å²) in [5.41, 5.74) is 0.986. The van der Waals surface area contributed by atoms with E-state index >= 15 is 0 Å². The molecule has 1 heterocycles. The van der Waals surface area contributed by atoms with Crippen LogP contribution in [0.5, 0.6) is 0 Å². The van der Waals surface area contributed by atoms with Gasteiger partial charge in [-0.25, -0.2) is 13.1 Å². The summed E-state index contributed by atoms with van der Waals surface area (Å²) in [6, 6.07) is 9.45. The van der Waals surface area contributed by atoms with Crippen LogP contribution in [0.1, 0.15) is 11.3 Å². The highest BCUT2D eigenvalue weighted by molar-refractivity contribution is 7.89. The van der Waals surface area contributed by atoms with Crippen LogP contribution in [-0.2, 0) is 23.2 Å². The zero-order chi connectivity index (χ0) is 14.6. The van der Waals surface area contributed by atoms with Crippen molar-refractivity contribution in [1.29, 1.82) is 0 Å². The van der Waals surface area contributed by atoms with Crippen molar-refractivity contribution in [3.8, 4) is 0 Å². The minimum atomic E-state index is -3.67. The fourth-order valence-corrected chi connectivity index (χ4v) is 2.82. The molecular formula is C13H13ClN2O3S. The predicted octanol–water partition coefficient (Wildman–Crippen LogP) is 1.71. The lowest BCUT2D eigenvalue weighted by molar-refractivity contribution is 0.281. The van der Waals surface area contributed by atoms with Gasteiger partial charge in [-0.1, -0.05) is 17.7 Å². The largest absolute Gasteiger partial charge is 0.392 e. The molecule has 7 heteroatoms. The van der Waals surface area contributed by atoms with Gasteiger partial charge in [0.2, 0.25) is 10.0 Å². The minimum absolute atomic E-state index is 0.0573. The Morgan fingerprint density at radius 1 is 1.25 bits per heavy atom. The van der Waals surface area contributed by atoms with Crippen molar-refractivity contribution in [1.82, 2.24) is 9.71 Å². The van der Waals surface area contributed by atoms with Crippen LogP contribution < -0.4 is 4.72 Å². The van der Waals surface area contributed by atoms with Crippen molar-refractivity contribution in [3.63, 3.8) is 0 Å². The first-order valence-electron chi connectivity index (χ1n) is 5.82. The molecule has 0 unspecified atom stereocenters. The summed E-state index contributed by atoms with van der Waals surface area (Å²) in [5.74, 6) is 0. The van der Waals surface area contributed by atoms with E-state index in [1.165, 1.54) is 18.2 Å². The lowest BCUT2D eigenvalue weighted by atomic mass is 10.2. The third kappa shape index (κ3) is 3.55. The number of nitrogens with zero attached hydrogens (tertiary/aromatic N) is 1. The molecule has 0 amide bonds. The standard InChI is InChI=1S/C13H13ClN2O3S/c14-13-5-4-12(7-10(13)9-17)20(18,19)16-8-11-3-1-2-6-15-11/h1-7,16-17H,8-9H2. The first kappa shape index (κ1) is 14.9. The number of pyridine rings is 1. The number of aliphatic hydroxyl groups is 1. The van der Waals surface area contributed by atoms with Gasteiger partial charge in [0.05, 0.1) is 23.7 Å². The average Bonchev–Trinajstić information content (AvgIpc) is 2.46. The van der Waals surface area contributed by atoms with Crippen molar-refractivity contribution < 1.29 is 13.5 Å². The molecule has 0 aliphatic carbocycles. The maximum absolute atomic E-state index is 12.1. The second kappa shape index (κ2) is 6.32. The highest BCUT2D eigenvalue weighted by atomic mass is 35.5. The van der Waals surface area contributed by atoms with E-state index in [9.17, 15) is 8.42 Å². The molecule has 0 saturated heterocycles. The van der Waals surface area contributed by atoms with E-state index in [1.54, 1.807) is 24.4 Å². The van der Waals surface area contributed by atoms with Gasteiger partial charge in [-0.3, -0.25) is 4.98 Å². The van der Waals surface area contributed by atoms with Crippen molar-refractivity contribution in [2.75, 3.05) is 0 Å². The van der Waals surface area contributed by atoms with Gasteiger partial charge < -0.3 is 5.11 Å². The molecule has 0 fully saturated rings. The van der Waals surface area contributed by atoms with Crippen molar-refractivity contribution in [2.24, 2.45) is 0 Å². The molecule has 0 saturated carbocycles. The molecule has 0 bridgehead atoms. The molecule has 1 aromatic heterocycles. The van der Waals surface area contributed by atoms with Crippen LogP contribution in [0.4, 0.5) is 0 Å². The fourth-order valence-electron chi connectivity index (χ4n) is 1.59. The Bertz CT molecular complexity index is 690. The van der Waals surface area contributed by atoms with Gasteiger partial charge in [-0.2, -0.15) is 0 Å². The van der Waals surface area contributed by atoms with Crippen LogP contribution in [0.25, 0.3) is 0 Å². The number of sulfonamides is 1. The highest BCUT2D eigenvalue weighted by Crippen LogP contribution is 2.20. The zero-order valence-electron chi connectivity index (χ0n) is 10.5. The molecule has 1 aromatic carbocycles. The Balaban J connectivity index is 2.18. The first-order chi connectivity index (χ1) is 9.53. The lowest BCUT2D eigenvalue weighted by Gasteiger charge is -2.08. The molecule has 5 nitrogen and oxygen atoms in total. The predicted molar refractivity (Wildman–Crippen MR) is 75.6 cm³/mol. The Morgan fingerprint density at radius 2 is 2.05 bits per heavy atom. The maximum atomic E-state index is 12.1. The zero-order valence-corrected chi connectivity index (χ0v) is 12.0. The van der Waals surface area contributed by atoms with E-state index in [0.717, 1.165) is 0 Å². The summed E-state index contributed by atoms with van der Waals surface area (Å²) in [6.07, 6.45) is 1.59. The Kier molecular flexibility index (Phi) is 4.72. The van der Waals surface area contributed by atoms with Gasteiger partial charge in [-0.05, 0) is 35.9 Å². The molecule has 0 radical (unpaired) electrons. The Morgan fingerprint density at radius 3 is 2.70 bits per heavy atom. The molecule has 0 aliphatic rings. The average molecular weight is 313 g/mol. The van der Waals surface area contributed by atoms with Crippen LogP contribution in [0.15, 0.2) is 47.5 Å². The number of aliphatic hydroxyl groups excluding tert-OH is 1. The van der Waals surface area contributed by atoms with Gasteiger partial charge in [0, 0.05) is 11.2 Å². The summed E-state index contributed by atoms with van der Waals surface area (Å²) >= 11 is 5.83. The number of halogens is 1. The molecule has 20 heavy (non-hydrogen) atoms. The summed E-state index contributed by atoms with van der Waals surface area (Å²) in [6.45, 7) is -0.220. The molecule has 0 spiro atoms. The van der Waals surface area contributed by atoms with Crippen molar-refractivity contribution in [2.45, 2.75) is 18.0 Å². The third-order valence-corrected chi connectivity index (χ3v) is 4.43. The topological polar surface area (TPSA) is 79.3 Å². The smallest absolute Gasteiger partial charge is 0.240 e. The summed E-state index contributed by atoms with van der Waals surface area (Å²) in [5, 5.41) is 9.44.